The number of hydrogen-bond acceptors (Lipinski definition) is 9. The van der Waals surface area contributed by atoms with Crippen LogP contribution in [0.3, 0.4) is 0 Å². The van der Waals surface area contributed by atoms with Crippen molar-refractivity contribution in [3.8, 4) is 28.6 Å². The molecule has 0 bridgehead atoms. The number of carboxylic acid groups (broad SMARTS) is 1. The van der Waals surface area contributed by atoms with Gasteiger partial charge in [0.05, 0.1) is 16.9 Å². The Hall–Kier alpha value is -5.13. The fourth-order valence-corrected chi connectivity index (χ4v) is 3.06. The number of aromatic nitrogens is 4. The average Bonchev–Trinajstić information content (AvgIpc) is 3.32. The lowest BCUT2D eigenvalue weighted by Crippen LogP contribution is -2.13. The number of carbonyl (C=O) groups excluding carboxylic acids is 1. The number of rotatable bonds is 6. The molecule has 0 aliphatic rings. The number of aromatic carboxylic acids is 1. The number of phenols is 3. The second kappa shape index (κ2) is 8.55. The minimum absolute atomic E-state index is 0.0132. The Kier molecular flexibility index (Phi) is 5.47. The van der Waals surface area contributed by atoms with Crippen molar-refractivity contribution in [3.05, 3.63) is 65.7 Å². The van der Waals surface area contributed by atoms with E-state index < -0.39 is 23.4 Å². The quantitative estimate of drug-likeness (QED) is 0.170. The van der Waals surface area contributed by atoms with Crippen molar-refractivity contribution in [2.24, 2.45) is 0 Å². The van der Waals surface area contributed by atoms with Crippen molar-refractivity contribution < 1.29 is 30.0 Å². The van der Waals surface area contributed by atoms with Crippen LogP contribution in [0.5, 0.6) is 17.2 Å². The summed E-state index contributed by atoms with van der Waals surface area (Å²) in [6.07, 6.45) is 0. The van der Waals surface area contributed by atoms with Gasteiger partial charge in [-0.2, -0.15) is 0 Å². The summed E-state index contributed by atoms with van der Waals surface area (Å²) in [5.74, 6) is -2.95. The summed E-state index contributed by atoms with van der Waals surface area (Å²) in [7, 11) is 0. The molecule has 3 aromatic carbocycles. The summed E-state index contributed by atoms with van der Waals surface area (Å²) in [5.41, 5.74) is 0.568. The van der Waals surface area contributed by atoms with Gasteiger partial charge in [0.2, 0.25) is 0 Å². The molecule has 0 atom stereocenters. The molecule has 0 fully saturated rings. The number of carboxylic acids is 1. The molecule has 4 aromatic rings. The standard InChI is InChI=1S/C21H16N6O6/c28-16-6-5-10(7-13(16)21(32)33)22-15-9-17(29)12(8-18(15)30)20(31)23-14-4-2-1-3-11(14)19-24-26-27-25-19/h1-9,22,28-30H,(H,23,31)(H,32,33)(H,24,25,26,27). The molecule has 7 N–H and O–H groups in total. The summed E-state index contributed by atoms with van der Waals surface area (Å²) in [6.45, 7) is 0. The van der Waals surface area contributed by atoms with E-state index in [0.29, 0.717) is 17.1 Å². The molecule has 1 heterocycles. The van der Waals surface area contributed by atoms with Crippen molar-refractivity contribution >= 4 is 28.9 Å². The van der Waals surface area contributed by atoms with Crippen LogP contribution in [0.25, 0.3) is 11.4 Å². The first-order valence-electron chi connectivity index (χ1n) is 9.37. The van der Waals surface area contributed by atoms with E-state index in [1.165, 1.54) is 12.1 Å². The van der Waals surface area contributed by atoms with Gasteiger partial charge in [0.15, 0.2) is 5.82 Å². The lowest BCUT2D eigenvalue weighted by molar-refractivity contribution is 0.0693. The van der Waals surface area contributed by atoms with Crippen molar-refractivity contribution in [1.82, 2.24) is 20.6 Å². The van der Waals surface area contributed by atoms with Gasteiger partial charge in [-0.15, -0.1) is 5.10 Å². The third kappa shape index (κ3) is 4.34. The zero-order valence-electron chi connectivity index (χ0n) is 16.6. The number of hydrogen-bond donors (Lipinski definition) is 7. The van der Waals surface area contributed by atoms with Crippen LogP contribution in [-0.4, -0.2) is 52.9 Å². The summed E-state index contributed by atoms with van der Waals surface area (Å²) >= 11 is 0. The number of nitrogens with zero attached hydrogens (tertiary/aromatic N) is 3. The smallest absolute Gasteiger partial charge is 0.339 e. The molecule has 0 saturated carbocycles. The Balaban J connectivity index is 1.59. The summed E-state index contributed by atoms with van der Waals surface area (Å²) in [5, 5.41) is 58.3. The maximum atomic E-state index is 12.8. The zero-order valence-corrected chi connectivity index (χ0v) is 16.6. The molecule has 1 amide bonds. The largest absolute Gasteiger partial charge is 0.507 e. The number of anilines is 3. The van der Waals surface area contributed by atoms with Gasteiger partial charge in [0.25, 0.3) is 5.91 Å². The summed E-state index contributed by atoms with van der Waals surface area (Å²) < 4.78 is 0. The van der Waals surface area contributed by atoms with E-state index in [-0.39, 0.29) is 28.3 Å². The average molecular weight is 448 g/mol. The van der Waals surface area contributed by atoms with Crippen LogP contribution in [-0.2, 0) is 0 Å². The number of carbonyl (C=O) groups is 2. The van der Waals surface area contributed by atoms with Crippen molar-refractivity contribution in [1.29, 1.82) is 0 Å². The minimum atomic E-state index is -1.34. The maximum Gasteiger partial charge on any atom is 0.339 e. The molecule has 0 unspecified atom stereocenters. The van der Waals surface area contributed by atoms with Gasteiger partial charge in [-0.05, 0) is 46.8 Å². The molecule has 12 nitrogen and oxygen atoms in total. The molecular formula is C21H16N6O6. The normalized spacial score (nSPS) is 10.5. The number of tetrazole rings is 1. The lowest BCUT2D eigenvalue weighted by Gasteiger charge is -2.14. The monoisotopic (exact) mass is 448 g/mol. The van der Waals surface area contributed by atoms with E-state index in [4.69, 9.17) is 5.11 Å². The number of amides is 1. The minimum Gasteiger partial charge on any atom is -0.507 e. The van der Waals surface area contributed by atoms with Crippen molar-refractivity contribution in [2.75, 3.05) is 10.6 Å². The van der Waals surface area contributed by atoms with Crippen molar-refractivity contribution in [3.63, 3.8) is 0 Å². The second-order valence-corrected chi connectivity index (χ2v) is 6.80. The van der Waals surface area contributed by atoms with E-state index in [1.807, 2.05) is 0 Å². The molecule has 0 spiro atoms. The van der Waals surface area contributed by atoms with Gasteiger partial charge in [-0.1, -0.05) is 12.1 Å². The molecule has 12 heteroatoms. The van der Waals surface area contributed by atoms with E-state index in [9.17, 15) is 24.9 Å². The lowest BCUT2D eigenvalue weighted by atomic mass is 10.1. The molecule has 0 radical (unpaired) electrons. The Morgan fingerprint density at radius 2 is 1.64 bits per heavy atom. The molecule has 166 valence electrons. The van der Waals surface area contributed by atoms with Crippen LogP contribution in [0.2, 0.25) is 0 Å². The predicted molar refractivity (Wildman–Crippen MR) is 116 cm³/mol. The number of benzene rings is 3. The van der Waals surface area contributed by atoms with Crippen LogP contribution >= 0.6 is 0 Å². The van der Waals surface area contributed by atoms with Crippen LogP contribution in [0.4, 0.5) is 17.1 Å². The van der Waals surface area contributed by atoms with Crippen LogP contribution in [0, 0.1) is 0 Å². The van der Waals surface area contributed by atoms with Crippen LogP contribution in [0.1, 0.15) is 20.7 Å². The zero-order chi connectivity index (χ0) is 23.5. The highest BCUT2D eigenvalue weighted by Gasteiger charge is 2.18. The molecule has 0 aliphatic carbocycles. The van der Waals surface area contributed by atoms with Crippen LogP contribution in [0.15, 0.2) is 54.6 Å². The third-order valence-corrected chi connectivity index (χ3v) is 4.64. The van der Waals surface area contributed by atoms with E-state index in [0.717, 1.165) is 18.2 Å². The van der Waals surface area contributed by atoms with E-state index >= 15 is 0 Å². The molecule has 4 rings (SSSR count). The molecule has 1 aromatic heterocycles. The number of phenolic OH excluding ortho intramolecular Hbond substituents is 2. The van der Waals surface area contributed by atoms with Crippen molar-refractivity contribution in [2.45, 2.75) is 0 Å². The molecule has 0 saturated heterocycles. The molecule has 33 heavy (non-hydrogen) atoms. The SMILES string of the molecule is O=C(O)c1cc(Nc2cc(O)c(C(=O)Nc3ccccc3-c3nnn[nH]3)cc2O)ccc1O. The van der Waals surface area contributed by atoms with E-state index in [1.54, 1.807) is 24.3 Å². The first-order valence-corrected chi connectivity index (χ1v) is 9.37. The fraction of sp³-hybridized carbons (Fsp3) is 0. The number of H-pyrrole nitrogens is 1. The van der Waals surface area contributed by atoms with E-state index in [2.05, 4.69) is 31.3 Å². The first kappa shape index (κ1) is 21.1. The highest BCUT2D eigenvalue weighted by Crippen LogP contribution is 2.35. The maximum absolute atomic E-state index is 12.8. The Labute approximate surface area is 185 Å². The van der Waals surface area contributed by atoms with Gasteiger partial charge in [-0.25, -0.2) is 9.89 Å². The van der Waals surface area contributed by atoms with Gasteiger partial charge in [-0.3, -0.25) is 4.79 Å². The Morgan fingerprint density at radius 3 is 2.36 bits per heavy atom. The molecular weight excluding hydrogens is 432 g/mol. The van der Waals surface area contributed by atoms with Gasteiger partial charge in [0.1, 0.15) is 22.8 Å². The fourth-order valence-electron chi connectivity index (χ4n) is 3.06. The first-order chi connectivity index (χ1) is 15.8. The topological polar surface area (TPSA) is 194 Å². The predicted octanol–water partition coefficient (Wildman–Crippen LogP) is 2.68. The number of aromatic amines is 1. The Morgan fingerprint density at radius 1 is 0.848 bits per heavy atom. The number of aromatic hydroxyl groups is 3. The molecule has 0 aliphatic heterocycles. The summed E-state index contributed by atoms with van der Waals surface area (Å²) in [4.78, 5) is 24.0. The van der Waals surface area contributed by atoms with Gasteiger partial charge in [0, 0.05) is 17.3 Å². The second-order valence-electron chi connectivity index (χ2n) is 6.80. The highest BCUT2D eigenvalue weighted by molar-refractivity contribution is 6.08. The Bertz CT molecular complexity index is 1360. The summed E-state index contributed by atoms with van der Waals surface area (Å²) in [6, 6.07) is 12.6. The number of para-hydroxylation sites is 1. The van der Waals surface area contributed by atoms with Crippen LogP contribution < -0.4 is 10.6 Å². The highest BCUT2D eigenvalue weighted by atomic mass is 16.4. The van der Waals surface area contributed by atoms with Gasteiger partial charge < -0.3 is 31.1 Å². The number of nitrogens with one attached hydrogen (secondary N) is 3. The van der Waals surface area contributed by atoms with Gasteiger partial charge >= 0.3 is 5.97 Å². The third-order valence-electron chi connectivity index (χ3n) is 4.64.